The van der Waals surface area contributed by atoms with E-state index in [-0.39, 0.29) is 5.56 Å². The maximum absolute atomic E-state index is 13.0. The van der Waals surface area contributed by atoms with Crippen LogP contribution in [0.3, 0.4) is 0 Å². The smallest absolute Gasteiger partial charge is 0.291 e. The number of fused-ring (bicyclic) bond motifs is 1. The fraction of sp³-hybridized carbons (Fsp3) is 0. The second kappa shape index (κ2) is 7.15. The maximum atomic E-state index is 13.0. The van der Waals surface area contributed by atoms with Gasteiger partial charge in [-0.3, -0.25) is 4.79 Å². The Bertz CT molecular complexity index is 1590. The van der Waals surface area contributed by atoms with E-state index in [1.165, 1.54) is 15.9 Å². The fourth-order valence-electron chi connectivity index (χ4n) is 3.30. The van der Waals surface area contributed by atoms with Crippen molar-refractivity contribution in [3.8, 4) is 27.8 Å². The van der Waals surface area contributed by atoms with E-state index in [4.69, 9.17) is 9.52 Å². The van der Waals surface area contributed by atoms with Crippen LogP contribution in [0.15, 0.2) is 81.6 Å². The van der Waals surface area contributed by atoms with Crippen LogP contribution in [0.5, 0.6) is 0 Å². The first-order valence-electron chi connectivity index (χ1n) is 9.40. The minimum atomic E-state index is -0.213. The first-order chi connectivity index (χ1) is 15.3. The molecule has 0 amide bonds. The maximum Gasteiger partial charge on any atom is 0.291 e. The summed E-state index contributed by atoms with van der Waals surface area (Å²) in [5.41, 5.74) is 2.43. The van der Waals surface area contributed by atoms with Crippen molar-refractivity contribution in [2.75, 3.05) is 0 Å². The van der Waals surface area contributed by atoms with E-state index in [0.29, 0.717) is 21.1 Å². The van der Waals surface area contributed by atoms with Crippen LogP contribution in [0.25, 0.3) is 38.9 Å². The van der Waals surface area contributed by atoms with Crippen molar-refractivity contribution < 1.29 is 4.42 Å². The Balaban J connectivity index is 1.50. The van der Waals surface area contributed by atoms with Crippen molar-refractivity contribution >= 4 is 33.7 Å². The molecule has 9 heteroatoms. The second-order valence-corrected chi connectivity index (χ2v) is 8.67. The molecule has 0 atom stereocenters. The van der Waals surface area contributed by atoms with Gasteiger partial charge in [-0.15, -0.1) is 16.4 Å². The summed E-state index contributed by atoms with van der Waals surface area (Å²) in [7, 11) is 0. The first-order valence-corrected chi connectivity index (χ1v) is 11.1. The van der Waals surface area contributed by atoms with E-state index < -0.39 is 0 Å². The lowest BCUT2D eigenvalue weighted by Crippen LogP contribution is -2.23. The van der Waals surface area contributed by atoms with Crippen LogP contribution in [0.2, 0.25) is 0 Å². The topological polar surface area (TPSA) is 78.2 Å². The molecule has 6 aromatic rings. The van der Waals surface area contributed by atoms with Gasteiger partial charge in [-0.1, -0.05) is 35.6 Å². The lowest BCUT2D eigenvalue weighted by atomic mass is 10.2. The Labute approximate surface area is 183 Å². The SMILES string of the molecule is O=c1/c(=C/c2cn(-c3ccccc3)nc2-c2cccs2)sc2nc(-c3ccco3)nn12. The van der Waals surface area contributed by atoms with Crippen molar-refractivity contribution in [3.63, 3.8) is 0 Å². The third-order valence-electron chi connectivity index (χ3n) is 4.73. The summed E-state index contributed by atoms with van der Waals surface area (Å²) in [5, 5.41) is 11.1. The molecule has 0 spiro atoms. The number of benzene rings is 1. The zero-order valence-electron chi connectivity index (χ0n) is 15.9. The number of rotatable bonds is 4. The first kappa shape index (κ1) is 18.0. The minimum absolute atomic E-state index is 0.213. The summed E-state index contributed by atoms with van der Waals surface area (Å²) in [4.78, 5) is 19.0. The summed E-state index contributed by atoms with van der Waals surface area (Å²) in [6.45, 7) is 0. The molecule has 0 saturated carbocycles. The standard InChI is InChI=1S/C22H13N5O2S2/c28-21-18(31-22-23-20(25-27(21)22)16-8-4-10-29-16)12-14-13-26(15-6-2-1-3-7-15)24-19(14)17-9-5-11-30-17/h1-13H/b18-12-. The molecule has 6 rings (SSSR count). The lowest BCUT2D eigenvalue weighted by molar-refractivity contribution is 0.577. The highest BCUT2D eigenvalue weighted by molar-refractivity contribution is 7.15. The molecule has 0 aliphatic carbocycles. The second-order valence-electron chi connectivity index (χ2n) is 6.71. The molecule has 0 aliphatic heterocycles. The van der Waals surface area contributed by atoms with Crippen LogP contribution in [0.1, 0.15) is 5.56 Å². The monoisotopic (exact) mass is 443 g/mol. The van der Waals surface area contributed by atoms with Crippen molar-refractivity contribution in [2.45, 2.75) is 0 Å². The van der Waals surface area contributed by atoms with Crippen molar-refractivity contribution in [3.05, 3.63) is 92.9 Å². The Morgan fingerprint density at radius 3 is 2.65 bits per heavy atom. The predicted molar refractivity (Wildman–Crippen MR) is 120 cm³/mol. The van der Waals surface area contributed by atoms with Gasteiger partial charge in [0, 0.05) is 11.8 Å². The highest BCUT2D eigenvalue weighted by Crippen LogP contribution is 2.28. The van der Waals surface area contributed by atoms with E-state index in [9.17, 15) is 4.79 Å². The van der Waals surface area contributed by atoms with Gasteiger partial charge in [0.25, 0.3) is 5.56 Å². The zero-order chi connectivity index (χ0) is 20.8. The number of thiazole rings is 1. The number of furan rings is 1. The molecule has 5 heterocycles. The van der Waals surface area contributed by atoms with E-state index in [2.05, 4.69) is 10.1 Å². The number of hydrogen-bond acceptors (Lipinski definition) is 7. The van der Waals surface area contributed by atoms with Gasteiger partial charge >= 0.3 is 0 Å². The van der Waals surface area contributed by atoms with Crippen LogP contribution in [0, 0.1) is 0 Å². The summed E-state index contributed by atoms with van der Waals surface area (Å²) in [6, 6.07) is 17.4. The normalized spacial score (nSPS) is 12.2. The van der Waals surface area contributed by atoms with Crippen molar-refractivity contribution in [1.82, 2.24) is 24.4 Å². The molecule has 7 nitrogen and oxygen atoms in total. The summed E-state index contributed by atoms with van der Waals surface area (Å²) in [5.74, 6) is 0.932. The summed E-state index contributed by atoms with van der Waals surface area (Å²) in [6.07, 6.45) is 5.35. The Morgan fingerprint density at radius 1 is 1.00 bits per heavy atom. The van der Waals surface area contributed by atoms with Gasteiger partial charge in [-0.25, -0.2) is 4.68 Å². The number of nitrogens with zero attached hydrogens (tertiary/aromatic N) is 5. The third-order valence-corrected chi connectivity index (χ3v) is 6.56. The van der Waals surface area contributed by atoms with E-state index in [1.807, 2.05) is 64.8 Å². The minimum Gasteiger partial charge on any atom is -0.461 e. The molecule has 31 heavy (non-hydrogen) atoms. The number of para-hydroxylation sites is 1. The molecular formula is C22H13N5O2S2. The molecular weight excluding hydrogens is 430 g/mol. The highest BCUT2D eigenvalue weighted by atomic mass is 32.1. The molecule has 150 valence electrons. The number of thiophene rings is 1. The van der Waals surface area contributed by atoms with Crippen molar-refractivity contribution in [2.24, 2.45) is 0 Å². The molecule has 1 aromatic carbocycles. The summed E-state index contributed by atoms with van der Waals surface area (Å²) < 4.78 is 9.03. The molecule has 0 bridgehead atoms. The Kier molecular flexibility index (Phi) is 4.15. The largest absolute Gasteiger partial charge is 0.461 e. The van der Waals surface area contributed by atoms with Gasteiger partial charge in [0.1, 0.15) is 5.69 Å². The third kappa shape index (κ3) is 3.11. The Morgan fingerprint density at radius 2 is 1.90 bits per heavy atom. The van der Waals surface area contributed by atoms with Crippen LogP contribution in [-0.4, -0.2) is 24.4 Å². The van der Waals surface area contributed by atoms with Gasteiger partial charge < -0.3 is 4.42 Å². The number of hydrogen-bond donors (Lipinski definition) is 0. The fourth-order valence-corrected chi connectivity index (χ4v) is 4.93. The van der Waals surface area contributed by atoms with Crippen LogP contribution < -0.4 is 10.1 Å². The van der Waals surface area contributed by atoms with E-state index in [1.54, 1.807) is 29.7 Å². The highest BCUT2D eigenvalue weighted by Gasteiger charge is 2.16. The quantitative estimate of drug-likeness (QED) is 0.413. The molecule has 0 saturated heterocycles. The molecule has 0 fully saturated rings. The van der Waals surface area contributed by atoms with Gasteiger partial charge in [0.05, 0.1) is 21.4 Å². The molecule has 0 radical (unpaired) electrons. The summed E-state index contributed by atoms with van der Waals surface area (Å²) >= 11 is 2.90. The van der Waals surface area contributed by atoms with E-state index >= 15 is 0 Å². The van der Waals surface area contributed by atoms with Crippen LogP contribution >= 0.6 is 22.7 Å². The van der Waals surface area contributed by atoms with Crippen LogP contribution in [0.4, 0.5) is 0 Å². The van der Waals surface area contributed by atoms with Gasteiger partial charge in [-0.2, -0.15) is 14.6 Å². The van der Waals surface area contributed by atoms with Gasteiger partial charge in [0.15, 0.2) is 5.76 Å². The lowest BCUT2D eigenvalue weighted by Gasteiger charge is -1.99. The van der Waals surface area contributed by atoms with Crippen LogP contribution in [-0.2, 0) is 0 Å². The van der Waals surface area contributed by atoms with Crippen molar-refractivity contribution in [1.29, 1.82) is 0 Å². The predicted octanol–water partition coefficient (Wildman–Crippen LogP) is 3.87. The zero-order valence-corrected chi connectivity index (χ0v) is 17.5. The average Bonchev–Trinajstić information content (AvgIpc) is 3.60. The molecule has 0 N–H and O–H groups in total. The number of aromatic nitrogens is 5. The average molecular weight is 444 g/mol. The Hall–Kier alpha value is -3.82. The van der Waals surface area contributed by atoms with E-state index in [0.717, 1.165) is 21.8 Å². The molecule has 0 unspecified atom stereocenters. The molecule has 0 aliphatic rings. The molecule has 5 aromatic heterocycles. The van der Waals surface area contributed by atoms with Gasteiger partial charge in [-0.05, 0) is 41.8 Å². The van der Waals surface area contributed by atoms with Gasteiger partial charge in [0.2, 0.25) is 10.8 Å².